The second-order valence-electron chi connectivity index (χ2n) is 6.10. The molecule has 1 aromatic heterocycles. The summed E-state index contributed by atoms with van der Waals surface area (Å²) in [6.07, 6.45) is 6.92. The second-order valence-corrected chi connectivity index (χ2v) is 6.10. The zero-order valence-corrected chi connectivity index (χ0v) is 14.3. The molecule has 0 radical (unpaired) electrons. The molecule has 1 N–H and O–H groups in total. The first kappa shape index (κ1) is 18.0. The van der Waals surface area contributed by atoms with Crippen molar-refractivity contribution in [2.24, 2.45) is 20.0 Å². The minimum absolute atomic E-state index is 0.00524. The Kier molecular flexibility index (Phi) is 5.94. The van der Waals surface area contributed by atoms with E-state index in [-0.39, 0.29) is 23.6 Å². The van der Waals surface area contributed by atoms with Gasteiger partial charge in [0.2, 0.25) is 5.91 Å². The van der Waals surface area contributed by atoms with Crippen molar-refractivity contribution in [2.45, 2.75) is 38.1 Å². The molecule has 0 aliphatic heterocycles. The Labute approximate surface area is 140 Å². The maximum absolute atomic E-state index is 12.0. The fourth-order valence-corrected chi connectivity index (χ4v) is 3.11. The highest BCUT2D eigenvalue weighted by atomic mass is 16.5. The number of carbonyl (C=O) groups is 2. The molecule has 132 valence electrons. The van der Waals surface area contributed by atoms with Crippen molar-refractivity contribution < 1.29 is 14.3 Å². The van der Waals surface area contributed by atoms with E-state index in [1.165, 1.54) is 17.9 Å². The summed E-state index contributed by atoms with van der Waals surface area (Å²) in [6.45, 7) is 0. The number of nitrogens with one attached hydrogen (secondary N) is 1. The van der Waals surface area contributed by atoms with Gasteiger partial charge >= 0.3 is 11.7 Å². The lowest BCUT2D eigenvalue weighted by molar-refractivity contribution is -0.135. The zero-order chi connectivity index (χ0) is 17.7. The van der Waals surface area contributed by atoms with Crippen LogP contribution in [0.4, 0.5) is 0 Å². The van der Waals surface area contributed by atoms with Crippen LogP contribution in [0.15, 0.2) is 16.9 Å². The predicted molar refractivity (Wildman–Crippen MR) is 87.2 cm³/mol. The van der Waals surface area contributed by atoms with Gasteiger partial charge < -0.3 is 10.1 Å². The Morgan fingerprint density at radius 3 is 2.62 bits per heavy atom. The molecule has 0 unspecified atom stereocenters. The summed E-state index contributed by atoms with van der Waals surface area (Å²) in [5.74, 6) is 0.0644. The van der Waals surface area contributed by atoms with Crippen LogP contribution in [0.2, 0.25) is 0 Å². The largest absolute Gasteiger partial charge is 0.466 e. The fourth-order valence-electron chi connectivity index (χ4n) is 3.11. The van der Waals surface area contributed by atoms with E-state index >= 15 is 0 Å². The molecule has 1 saturated carbocycles. The first-order chi connectivity index (χ1) is 11.4. The molecule has 2 rings (SSSR count). The first-order valence-electron chi connectivity index (χ1n) is 8.07. The predicted octanol–water partition coefficient (Wildman–Crippen LogP) is 0.0655. The molecule has 24 heavy (non-hydrogen) atoms. The Bertz CT molecular complexity index is 689. The molecule has 2 atom stereocenters. The highest BCUT2D eigenvalue weighted by molar-refractivity contribution is 5.94. The Balaban J connectivity index is 2.03. The van der Waals surface area contributed by atoms with Crippen LogP contribution in [0.25, 0.3) is 0 Å². The summed E-state index contributed by atoms with van der Waals surface area (Å²) < 4.78 is 7.34. The van der Waals surface area contributed by atoms with Gasteiger partial charge in [-0.1, -0.05) is 12.8 Å². The SMILES string of the molecule is COC(=O)/C=C/C(=O)N[C@@H]1CCCC[C@@H]1Cc1nn(C)c(=O)n1C. The molecule has 1 fully saturated rings. The molecule has 1 aliphatic carbocycles. The number of ether oxygens (including phenoxy) is 1. The molecule has 0 aromatic carbocycles. The summed E-state index contributed by atoms with van der Waals surface area (Å²) in [4.78, 5) is 34.8. The van der Waals surface area contributed by atoms with Gasteiger partial charge in [-0.05, 0) is 18.8 Å². The molecule has 8 heteroatoms. The molecule has 0 saturated heterocycles. The highest BCUT2D eigenvalue weighted by Crippen LogP contribution is 2.27. The van der Waals surface area contributed by atoms with E-state index in [1.807, 2.05) is 0 Å². The number of aromatic nitrogens is 3. The molecule has 8 nitrogen and oxygen atoms in total. The van der Waals surface area contributed by atoms with Crippen LogP contribution in [-0.4, -0.2) is 39.4 Å². The number of amides is 1. The standard InChI is InChI=1S/C16H24N4O4/c1-19-13(18-20(2)16(19)23)10-11-6-4-5-7-12(11)17-14(21)8-9-15(22)24-3/h8-9,11-12H,4-7,10H2,1-3H3,(H,17,21)/b9-8+/t11-,12-/m1/s1. The minimum atomic E-state index is -0.561. The third kappa shape index (κ3) is 4.33. The van der Waals surface area contributed by atoms with Gasteiger partial charge in [-0.2, -0.15) is 5.10 Å². The van der Waals surface area contributed by atoms with Crippen molar-refractivity contribution in [1.82, 2.24) is 19.7 Å². The summed E-state index contributed by atoms with van der Waals surface area (Å²) in [6, 6.07) is 0.00524. The number of aryl methyl sites for hydroxylation is 1. The zero-order valence-electron chi connectivity index (χ0n) is 14.3. The normalized spacial score (nSPS) is 21.0. The van der Waals surface area contributed by atoms with Crippen LogP contribution in [0.3, 0.4) is 0 Å². The van der Waals surface area contributed by atoms with Crippen molar-refractivity contribution in [2.75, 3.05) is 7.11 Å². The van der Waals surface area contributed by atoms with Crippen molar-refractivity contribution in [3.05, 3.63) is 28.5 Å². The number of rotatable bonds is 5. The lowest BCUT2D eigenvalue weighted by atomic mass is 9.82. The molecule has 0 spiro atoms. The van der Waals surface area contributed by atoms with Gasteiger partial charge in [0.15, 0.2) is 0 Å². The molecule has 0 bridgehead atoms. The lowest BCUT2D eigenvalue weighted by Gasteiger charge is -2.31. The lowest BCUT2D eigenvalue weighted by Crippen LogP contribution is -2.42. The van der Waals surface area contributed by atoms with Gasteiger partial charge in [0.25, 0.3) is 0 Å². The monoisotopic (exact) mass is 336 g/mol. The van der Waals surface area contributed by atoms with Crippen LogP contribution in [0, 0.1) is 5.92 Å². The van der Waals surface area contributed by atoms with Crippen LogP contribution in [0.5, 0.6) is 0 Å². The second kappa shape index (κ2) is 7.94. The maximum Gasteiger partial charge on any atom is 0.345 e. The molecule has 1 heterocycles. The smallest absolute Gasteiger partial charge is 0.345 e. The Morgan fingerprint density at radius 2 is 2.00 bits per heavy atom. The quantitative estimate of drug-likeness (QED) is 0.606. The van der Waals surface area contributed by atoms with Gasteiger partial charge in [0, 0.05) is 38.7 Å². The molecular weight excluding hydrogens is 312 g/mol. The Hall–Kier alpha value is -2.38. The van der Waals surface area contributed by atoms with E-state index in [0.717, 1.165) is 37.6 Å². The van der Waals surface area contributed by atoms with Crippen molar-refractivity contribution in [3.63, 3.8) is 0 Å². The average Bonchev–Trinajstić information content (AvgIpc) is 2.81. The van der Waals surface area contributed by atoms with Crippen LogP contribution < -0.4 is 11.0 Å². The summed E-state index contributed by atoms with van der Waals surface area (Å²) in [5, 5.41) is 7.22. The number of esters is 1. The van der Waals surface area contributed by atoms with Gasteiger partial charge in [0.05, 0.1) is 7.11 Å². The summed E-state index contributed by atoms with van der Waals surface area (Å²) >= 11 is 0. The Morgan fingerprint density at radius 1 is 1.29 bits per heavy atom. The van der Waals surface area contributed by atoms with Crippen molar-refractivity contribution in [3.8, 4) is 0 Å². The van der Waals surface area contributed by atoms with Gasteiger partial charge in [-0.3, -0.25) is 9.36 Å². The third-order valence-corrected chi connectivity index (χ3v) is 4.47. The topological polar surface area (TPSA) is 95.2 Å². The summed E-state index contributed by atoms with van der Waals surface area (Å²) in [5.41, 5.74) is -0.151. The maximum atomic E-state index is 12.0. The summed E-state index contributed by atoms with van der Waals surface area (Å²) in [7, 11) is 4.60. The highest BCUT2D eigenvalue weighted by Gasteiger charge is 2.28. The molecule has 1 aliphatic rings. The van der Waals surface area contributed by atoms with Crippen molar-refractivity contribution >= 4 is 11.9 Å². The number of nitrogens with zero attached hydrogens (tertiary/aromatic N) is 3. The molecule has 1 aromatic rings. The van der Waals surface area contributed by atoms with E-state index in [9.17, 15) is 14.4 Å². The van der Waals surface area contributed by atoms with E-state index in [1.54, 1.807) is 18.7 Å². The number of carbonyl (C=O) groups excluding carboxylic acids is 2. The van der Waals surface area contributed by atoms with E-state index in [2.05, 4.69) is 15.2 Å². The van der Waals surface area contributed by atoms with Gasteiger partial charge in [-0.15, -0.1) is 0 Å². The van der Waals surface area contributed by atoms with E-state index in [4.69, 9.17) is 0 Å². The average molecular weight is 336 g/mol. The number of methoxy groups -OCH3 is 1. The fraction of sp³-hybridized carbons (Fsp3) is 0.625. The molecule has 1 amide bonds. The molecular formula is C16H24N4O4. The first-order valence-corrected chi connectivity index (χ1v) is 8.07. The van der Waals surface area contributed by atoms with Crippen LogP contribution in [0.1, 0.15) is 31.5 Å². The van der Waals surface area contributed by atoms with Crippen molar-refractivity contribution in [1.29, 1.82) is 0 Å². The van der Waals surface area contributed by atoms with Gasteiger partial charge in [0.1, 0.15) is 5.82 Å². The number of hydrogen-bond acceptors (Lipinski definition) is 5. The van der Waals surface area contributed by atoms with Crippen LogP contribution in [-0.2, 0) is 34.8 Å². The van der Waals surface area contributed by atoms with E-state index < -0.39 is 5.97 Å². The van der Waals surface area contributed by atoms with Gasteiger partial charge in [-0.25, -0.2) is 14.3 Å². The minimum Gasteiger partial charge on any atom is -0.466 e. The third-order valence-electron chi connectivity index (χ3n) is 4.47. The number of hydrogen-bond donors (Lipinski definition) is 1. The van der Waals surface area contributed by atoms with E-state index in [0.29, 0.717) is 6.42 Å². The van der Waals surface area contributed by atoms with Crippen LogP contribution >= 0.6 is 0 Å².